The van der Waals surface area contributed by atoms with Gasteiger partial charge in [0.05, 0.1) is 18.5 Å². The molecule has 2 amide bonds. The summed E-state index contributed by atoms with van der Waals surface area (Å²) in [6.07, 6.45) is -0.683. The second kappa shape index (κ2) is 10.5. The molecule has 3 atom stereocenters. The first-order valence-electron chi connectivity index (χ1n) is 8.91. The summed E-state index contributed by atoms with van der Waals surface area (Å²) >= 11 is 0. The van der Waals surface area contributed by atoms with Crippen LogP contribution in [0.2, 0.25) is 0 Å². The number of amides is 2. The van der Waals surface area contributed by atoms with E-state index in [1.807, 2.05) is 13.8 Å². The van der Waals surface area contributed by atoms with Crippen molar-refractivity contribution in [3.05, 3.63) is 35.9 Å². The Morgan fingerprint density at radius 1 is 0.964 bits per heavy atom. The largest absolute Gasteiger partial charge is 0.481 e. The summed E-state index contributed by atoms with van der Waals surface area (Å²) in [5.74, 6) is -4.99. The van der Waals surface area contributed by atoms with E-state index in [0.29, 0.717) is 10.5 Å². The zero-order valence-electron chi connectivity index (χ0n) is 15.9. The van der Waals surface area contributed by atoms with Gasteiger partial charge in [0.1, 0.15) is 6.04 Å². The summed E-state index contributed by atoms with van der Waals surface area (Å²) in [6, 6.07) is 4.47. The maximum atomic E-state index is 12.9. The number of hydrogen-bond donors (Lipinski definition) is 4. The van der Waals surface area contributed by atoms with Crippen LogP contribution in [-0.4, -0.2) is 57.0 Å². The number of carboxylic acids is 2. The number of nitrogens with two attached hydrogens (primary N) is 2. The highest BCUT2D eigenvalue weighted by atomic mass is 16.4. The van der Waals surface area contributed by atoms with Crippen molar-refractivity contribution >= 4 is 23.8 Å². The lowest BCUT2D eigenvalue weighted by Gasteiger charge is -2.31. The Balaban J connectivity index is 3.19. The van der Waals surface area contributed by atoms with Gasteiger partial charge in [0.25, 0.3) is 0 Å². The number of hydrogen-bond acceptors (Lipinski definition) is 6. The molecule has 0 heterocycles. The lowest BCUT2D eigenvalue weighted by molar-refractivity contribution is -0.161. The molecule has 0 saturated carbocycles. The molecular formula is C19H27N3O6. The van der Waals surface area contributed by atoms with Gasteiger partial charge in [0.15, 0.2) is 0 Å². The lowest BCUT2D eigenvalue weighted by Crippen LogP contribution is -2.59. The van der Waals surface area contributed by atoms with Crippen LogP contribution in [0.5, 0.6) is 0 Å². The molecule has 1 aromatic carbocycles. The third kappa shape index (κ3) is 6.75. The van der Waals surface area contributed by atoms with Gasteiger partial charge in [0.2, 0.25) is 11.8 Å². The predicted molar refractivity (Wildman–Crippen MR) is 101 cm³/mol. The monoisotopic (exact) mass is 393 g/mol. The molecule has 1 aromatic rings. The fraction of sp³-hybridized carbons (Fsp3) is 0.474. The maximum absolute atomic E-state index is 12.9. The van der Waals surface area contributed by atoms with Gasteiger partial charge in [0, 0.05) is 0 Å². The van der Waals surface area contributed by atoms with Crippen LogP contribution in [0.3, 0.4) is 0 Å². The van der Waals surface area contributed by atoms with Gasteiger partial charge < -0.3 is 21.7 Å². The average molecular weight is 393 g/mol. The summed E-state index contributed by atoms with van der Waals surface area (Å²) in [5.41, 5.74) is 12.5. The standard InChI is InChI=1S/C19H27N3O6/c1-11(2)8-13(20)17(25)22(15(19(27)28)10-16(23)24)18(26)14(21)9-12-6-4-3-5-7-12/h3-7,11,13-15H,8-10,20-21H2,1-2H3,(H,23,24)(H,27,28)/t13-,14-,15-/m0/s1. The number of imide groups is 1. The first-order chi connectivity index (χ1) is 13.0. The smallest absolute Gasteiger partial charge is 0.327 e. The zero-order chi connectivity index (χ0) is 21.4. The van der Waals surface area contributed by atoms with Gasteiger partial charge in [-0.15, -0.1) is 0 Å². The molecule has 0 bridgehead atoms. The predicted octanol–water partition coefficient (Wildman–Crippen LogP) is 0.213. The van der Waals surface area contributed by atoms with E-state index in [-0.39, 0.29) is 18.8 Å². The Morgan fingerprint density at radius 2 is 1.50 bits per heavy atom. The van der Waals surface area contributed by atoms with Crippen molar-refractivity contribution in [3.8, 4) is 0 Å². The number of rotatable bonds is 10. The molecule has 0 spiro atoms. The average Bonchev–Trinajstić information content (AvgIpc) is 2.60. The van der Waals surface area contributed by atoms with E-state index in [1.165, 1.54) is 0 Å². The minimum Gasteiger partial charge on any atom is -0.481 e. The lowest BCUT2D eigenvalue weighted by atomic mass is 10.00. The van der Waals surface area contributed by atoms with Crippen molar-refractivity contribution in [1.82, 2.24) is 4.90 Å². The van der Waals surface area contributed by atoms with E-state index in [4.69, 9.17) is 16.6 Å². The van der Waals surface area contributed by atoms with Crippen LogP contribution in [-0.2, 0) is 25.6 Å². The molecular weight excluding hydrogens is 366 g/mol. The van der Waals surface area contributed by atoms with E-state index in [1.54, 1.807) is 30.3 Å². The summed E-state index contributed by atoms with van der Waals surface area (Å²) in [7, 11) is 0. The summed E-state index contributed by atoms with van der Waals surface area (Å²) in [6.45, 7) is 3.62. The molecule has 154 valence electrons. The molecule has 0 saturated heterocycles. The van der Waals surface area contributed by atoms with Crippen LogP contribution in [0.25, 0.3) is 0 Å². The van der Waals surface area contributed by atoms with Crippen LogP contribution < -0.4 is 11.5 Å². The normalized spacial score (nSPS) is 14.2. The number of nitrogens with zero attached hydrogens (tertiary/aromatic N) is 1. The van der Waals surface area contributed by atoms with Gasteiger partial charge in [-0.2, -0.15) is 0 Å². The molecule has 6 N–H and O–H groups in total. The van der Waals surface area contributed by atoms with Crippen molar-refractivity contribution in [2.24, 2.45) is 17.4 Å². The number of benzene rings is 1. The molecule has 0 unspecified atom stereocenters. The Morgan fingerprint density at radius 3 is 1.96 bits per heavy atom. The summed E-state index contributed by atoms with van der Waals surface area (Å²) in [5, 5.41) is 18.5. The molecule has 0 aliphatic heterocycles. The molecule has 28 heavy (non-hydrogen) atoms. The maximum Gasteiger partial charge on any atom is 0.327 e. The first-order valence-corrected chi connectivity index (χ1v) is 8.91. The van der Waals surface area contributed by atoms with Crippen LogP contribution in [0, 0.1) is 5.92 Å². The molecule has 0 aliphatic carbocycles. The highest BCUT2D eigenvalue weighted by molar-refractivity contribution is 6.03. The quantitative estimate of drug-likeness (QED) is 0.438. The van der Waals surface area contributed by atoms with Gasteiger partial charge in [-0.3, -0.25) is 19.3 Å². The van der Waals surface area contributed by atoms with Crippen LogP contribution >= 0.6 is 0 Å². The Bertz CT molecular complexity index is 707. The highest BCUT2D eigenvalue weighted by Gasteiger charge is 2.40. The fourth-order valence-corrected chi connectivity index (χ4v) is 2.79. The SMILES string of the molecule is CC(C)C[C@H](N)C(=O)N(C(=O)[C@@H](N)Cc1ccccc1)[C@@H](CC(=O)O)C(=O)O. The Labute approximate surface area is 163 Å². The highest BCUT2D eigenvalue weighted by Crippen LogP contribution is 2.15. The van der Waals surface area contributed by atoms with Gasteiger partial charge >= 0.3 is 11.9 Å². The number of aliphatic carboxylic acids is 2. The van der Waals surface area contributed by atoms with Crippen LogP contribution in [0.15, 0.2) is 30.3 Å². The van der Waals surface area contributed by atoms with Gasteiger partial charge in [-0.1, -0.05) is 44.2 Å². The van der Waals surface area contributed by atoms with Crippen LogP contribution in [0.1, 0.15) is 32.3 Å². The van der Waals surface area contributed by atoms with Gasteiger partial charge in [-0.25, -0.2) is 4.79 Å². The molecule has 0 aliphatic rings. The second-order valence-corrected chi connectivity index (χ2v) is 7.03. The second-order valence-electron chi connectivity index (χ2n) is 7.03. The van der Waals surface area contributed by atoms with Crippen molar-refractivity contribution < 1.29 is 29.4 Å². The molecule has 0 radical (unpaired) electrons. The fourth-order valence-electron chi connectivity index (χ4n) is 2.79. The third-order valence-corrected chi connectivity index (χ3v) is 4.10. The molecule has 1 rings (SSSR count). The first kappa shape index (κ1) is 23.3. The molecule has 9 nitrogen and oxygen atoms in total. The van der Waals surface area contributed by atoms with E-state index >= 15 is 0 Å². The Kier molecular flexibility index (Phi) is 8.75. The number of carbonyl (C=O) groups excluding carboxylic acids is 2. The van der Waals surface area contributed by atoms with Crippen molar-refractivity contribution in [2.45, 2.75) is 51.2 Å². The van der Waals surface area contributed by atoms with E-state index < -0.39 is 48.3 Å². The van der Waals surface area contributed by atoms with E-state index in [0.717, 1.165) is 0 Å². The van der Waals surface area contributed by atoms with Crippen molar-refractivity contribution in [1.29, 1.82) is 0 Å². The van der Waals surface area contributed by atoms with E-state index in [9.17, 15) is 24.3 Å². The third-order valence-electron chi connectivity index (χ3n) is 4.10. The number of carboxylic acid groups (broad SMARTS) is 2. The zero-order valence-corrected chi connectivity index (χ0v) is 15.9. The molecule has 9 heteroatoms. The summed E-state index contributed by atoms with van der Waals surface area (Å²) in [4.78, 5) is 48.8. The number of carbonyl (C=O) groups is 4. The molecule has 0 fully saturated rings. The minimum absolute atomic E-state index is 0.0108. The minimum atomic E-state index is -1.89. The van der Waals surface area contributed by atoms with Crippen LogP contribution in [0.4, 0.5) is 0 Å². The van der Waals surface area contributed by atoms with Crippen molar-refractivity contribution in [2.75, 3.05) is 0 Å². The molecule has 0 aromatic heterocycles. The summed E-state index contributed by atoms with van der Waals surface area (Å²) < 4.78 is 0. The Hall–Kier alpha value is -2.78. The van der Waals surface area contributed by atoms with Gasteiger partial charge in [-0.05, 0) is 24.3 Å². The van der Waals surface area contributed by atoms with E-state index in [2.05, 4.69) is 0 Å². The topological polar surface area (TPSA) is 164 Å². The van der Waals surface area contributed by atoms with Crippen molar-refractivity contribution in [3.63, 3.8) is 0 Å².